The van der Waals surface area contributed by atoms with Crippen molar-refractivity contribution >= 4 is 11.6 Å². The van der Waals surface area contributed by atoms with E-state index in [1.165, 1.54) is 12.1 Å². The van der Waals surface area contributed by atoms with Gasteiger partial charge in [0.15, 0.2) is 0 Å². The van der Waals surface area contributed by atoms with E-state index in [9.17, 15) is 18.0 Å². The molecule has 1 amide bonds. The van der Waals surface area contributed by atoms with E-state index in [1.54, 1.807) is 12.0 Å². The molecule has 178 valence electrons. The standard InChI is InChI=1S/C26H31F3N2O2/c1-5-6-7-22-23(18-8-11-21(33-4)12-9-18)17-19-16-20(26(27,28)29)10-13-24(19)31(25(22)32)15-14-30(2)3/h5-6,8-13,16,22-23H,7,14-15,17H2,1-4H3. The van der Waals surface area contributed by atoms with Crippen LogP contribution in [-0.4, -0.2) is 45.1 Å². The van der Waals surface area contributed by atoms with Crippen LogP contribution in [0.25, 0.3) is 0 Å². The maximum atomic E-state index is 13.8. The molecule has 2 aromatic carbocycles. The number of alkyl halides is 3. The van der Waals surface area contributed by atoms with Gasteiger partial charge in [0.05, 0.1) is 12.7 Å². The van der Waals surface area contributed by atoms with Gasteiger partial charge < -0.3 is 14.5 Å². The number of hydrogen-bond donors (Lipinski definition) is 0. The van der Waals surface area contributed by atoms with E-state index in [1.807, 2.05) is 62.3 Å². The second-order valence-corrected chi connectivity index (χ2v) is 8.63. The number of carbonyl (C=O) groups is 1. The van der Waals surface area contributed by atoms with Gasteiger partial charge in [-0.25, -0.2) is 0 Å². The minimum absolute atomic E-state index is 0.0609. The Morgan fingerprint density at radius 1 is 1.15 bits per heavy atom. The van der Waals surface area contributed by atoms with Crippen LogP contribution in [0.1, 0.15) is 36.0 Å². The fourth-order valence-electron chi connectivity index (χ4n) is 4.34. The number of fused-ring (bicyclic) bond motifs is 1. The third-order valence-corrected chi connectivity index (χ3v) is 6.15. The highest BCUT2D eigenvalue weighted by molar-refractivity contribution is 5.97. The molecule has 0 aliphatic carbocycles. The number of carbonyl (C=O) groups excluding carboxylic acids is 1. The molecule has 7 heteroatoms. The number of benzene rings is 2. The van der Waals surface area contributed by atoms with Gasteiger partial charge in [-0.15, -0.1) is 0 Å². The van der Waals surface area contributed by atoms with Crippen molar-refractivity contribution < 1.29 is 22.7 Å². The molecular weight excluding hydrogens is 429 g/mol. The molecule has 0 N–H and O–H groups in total. The van der Waals surface area contributed by atoms with Crippen molar-refractivity contribution in [1.29, 1.82) is 0 Å². The third-order valence-electron chi connectivity index (χ3n) is 6.15. The number of nitrogens with zero attached hydrogens (tertiary/aromatic N) is 2. The highest BCUT2D eigenvalue weighted by Gasteiger charge is 2.39. The van der Waals surface area contributed by atoms with Crippen LogP contribution < -0.4 is 9.64 Å². The van der Waals surface area contributed by atoms with Gasteiger partial charge in [-0.2, -0.15) is 13.2 Å². The first kappa shape index (κ1) is 24.8. The van der Waals surface area contributed by atoms with E-state index in [0.717, 1.165) is 11.6 Å². The number of ether oxygens (including phenoxy) is 1. The van der Waals surface area contributed by atoms with Gasteiger partial charge in [-0.05, 0) is 81.2 Å². The van der Waals surface area contributed by atoms with Crippen molar-refractivity contribution in [2.75, 3.05) is 39.2 Å². The fourth-order valence-corrected chi connectivity index (χ4v) is 4.34. The summed E-state index contributed by atoms with van der Waals surface area (Å²) < 4.78 is 45.8. The first-order valence-electron chi connectivity index (χ1n) is 11.1. The summed E-state index contributed by atoms with van der Waals surface area (Å²) in [7, 11) is 5.40. The maximum Gasteiger partial charge on any atom is 0.416 e. The molecule has 2 unspecified atom stereocenters. The molecule has 4 nitrogen and oxygen atoms in total. The molecule has 33 heavy (non-hydrogen) atoms. The fraction of sp³-hybridized carbons (Fsp3) is 0.423. The summed E-state index contributed by atoms with van der Waals surface area (Å²) in [5, 5.41) is 0. The van der Waals surface area contributed by atoms with Crippen molar-refractivity contribution in [2.24, 2.45) is 5.92 Å². The van der Waals surface area contributed by atoms with Crippen LogP contribution in [-0.2, 0) is 17.4 Å². The number of hydrogen-bond acceptors (Lipinski definition) is 3. The molecule has 0 aromatic heterocycles. The minimum atomic E-state index is -4.44. The van der Waals surface area contributed by atoms with Gasteiger partial charge in [0.1, 0.15) is 5.75 Å². The topological polar surface area (TPSA) is 32.8 Å². The van der Waals surface area contributed by atoms with E-state index in [2.05, 4.69) is 0 Å². The Kier molecular flexibility index (Phi) is 7.84. The number of amides is 1. The average molecular weight is 461 g/mol. The van der Waals surface area contributed by atoms with E-state index < -0.39 is 17.7 Å². The van der Waals surface area contributed by atoms with Crippen LogP contribution in [0.15, 0.2) is 54.6 Å². The Morgan fingerprint density at radius 3 is 2.42 bits per heavy atom. The molecular formula is C26H31F3N2O2. The van der Waals surface area contributed by atoms with Crippen LogP contribution in [0.4, 0.5) is 18.9 Å². The number of likely N-dealkylation sites (N-methyl/N-ethyl adjacent to an activating group) is 1. The van der Waals surface area contributed by atoms with E-state index in [0.29, 0.717) is 42.9 Å². The van der Waals surface area contributed by atoms with Crippen LogP contribution >= 0.6 is 0 Å². The van der Waals surface area contributed by atoms with E-state index in [-0.39, 0.29) is 11.8 Å². The number of methoxy groups -OCH3 is 1. The molecule has 0 spiro atoms. The average Bonchev–Trinajstić information content (AvgIpc) is 2.89. The third kappa shape index (κ3) is 5.77. The molecule has 1 aliphatic rings. The van der Waals surface area contributed by atoms with Gasteiger partial charge in [-0.1, -0.05) is 24.3 Å². The maximum absolute atomic E-state index is 13.8. The Hall–Kier alpha value is -2.80. The first-order valence-corrected chi connectivity index (χ1v) is 11.1. The Balaban J connectivity index is 2.14. The molecule has 1 heterocycles. The molecule has 0 saturated heterocycles. The Labute approximate surface area is 193 Å². The molecule has 1 aliphatic heterocycles. The number of rotatable bonds is 7. The van der Waals surface area contributed by atoms with Gasteiger partial charge in [0.25, 0.3) is 0 Å². The summed E-state index contributed by atoms with van der Waals surface area (Å²) in [6.07, 6.45) is 0.283. The van der Waals surface area contributed by atoms with Gasteiger partial charge in [0, 0.05) is 24.7 Å². The zero-order valence-corrected chi connectivity index (χ0v) is 19.5. The second kappa shape index (κ2) is 10.4. The lowest BCUT2D eigenvalue weighted by molar-refractivity contribution is -0.137. The first-order chi connectivity index (χ1) is 15.7. The van der Waals surface area contributed by atoms with Crippen LogP contribution in [0.5, 0.6) is 5.75 Å². The Morgan fingerprint density at radius 2 is 1.85 bits per heavy atom. The van der Waals surface area contributed by atoms with Crippen LogP contribution in [0.3, 0.4) is 0 Å². The van der Waals surface area contributed by atoms with E-state index in [4.69, 9.17) is 4.74 Å². The van der Waals surface area contributed by atoms with Crippen LogP contribution in [0.2, 0.25) is 0 Å². The number of halogens is 3. The lowest BCUT2D eigenvalue weighted by Gasteiger charge is -2.29. The molecule has 2 aromatic rings. The lowest BCUT2D eigenvalue weighted by atomic mass is 9.80. The van der Waals surface area contributed by atoms with Gasteiger partial charge in [-0.3, -0.25) is 4.79 Å². The quantitative estimate of drug-likeness (QED) is 0.510. The van der Waals surface area contributed by atoms with Crippen molar-refractivity contribution in [3.63, 3.8) is 0 Å². The SMILES string of the molecule is CC=CCC1C(=O)N(CCN(C)C)c2ccc(C(F)(F)F)cc2CC1c1ccc(OC)cc1. The summed E-state index contributed by atoms with van der Waals surface area (Å²) in [4.78, 5) is 17.5. The highest BCUT2D eigenvalue weighted by atomic mass is 19.4. The van der Waals surface area contributed by atoms with Crippen molar-refractivity contribution in [3.8, 4) is 5.75 Å². The predicted molar refractivity (Wildman–Crippen MR) is 125 cm³/mol. The summed E-state index contributed by atoms with van der Waals surface area (Å²) in [5.74, 6) is -0.0185. The summed E-state index contributed by atoms with van der Waals surface area (Å²) in [5.41, 5.74) is 1.33. The highest BCUT2D eigenvalue weighted by Crippen LogP contribution is 2.42. The molecule has 0 fully saturated rings. The van der Waals surface area contributed by atoms with Gasteiger partial charge >= 0.3 is 6.18 Å². The largest absolute Gasteiger partial charge is 0.497 e. The van der Waals surface area contributed by atoms with E-state index >= 15 is 0 Å². The second-order valence-electron chi connectivity index (χ2n) is 8.63. The van der Waals surface area contributed by atoms with Crippen LogP contribution in [0, 0.1) is 5.92 Å². The van der Waals surface area contributed by atoms with Gasteiger partial charge in [0.2, 0.25) is 5.91 Å². The smallest absolute Gasteiger partial charge is 0.416 e. The summed E-state index contributed by atoms with van der Waals surface area (Å²) in [6, 6.07) is 11.2. The number of anilines is 1. The molecule has 0 bridgehead atoms. The summed E-state index contributed by atoms with van der Waals surface area (Å²) >= 11 is 0. The normalized spacial score (nSPS) is 19.2. The zero-order chi connectivity index (χ0) is 24.2. The zero-order valence-electron chi connectivity index (χ0n) is 19.5. The van der Waals surface area contributed by atoms with Crippen molar-refractivity contribution in [3.05, 3.63) is 71.3 Å². The lowest BCUT2D eigenvalue weighted by Crippen LogP contribution is -2.41. The molecule has 0 saturated carbocycles. The monoisotopic (exact) mass is 460 g/mol. The molecule has 2 atom stereocenters. The Bertz CT molecular complexity index is 984. The summed E-state index contributed by atoms with van der Waals surface area (Å²) in [6.45, 7) is 2.92. The molecule has 3 rings (SSSR count). The minimum Gasteiger partial charge on any atom is -0.497 e. The molecule has 0 radical (unpaired) electrons. The predicted octanol–water partition coefficient (Wildman–Crippen LogP) is 5.53. The number of allylic oxidation sites excluding steroid dienone is 2. The van der Waals surface area contributed by atoms with Crippen molar-refractivity contribution in [1.82, 2.24) is 4.90 Å². The van der Waals surface area contributed by atoms with Crippen molar-refractivity contribution in [2.45, 2.75) is 31.9 Å².